The lowest BCUT2D eigenvalue weighted by Gasteiger charge is -2.19. The molecule has 0 aromatic heterocycles. The Hall–Kier alpha value is 0.974. The van der Waals surface area contributed by atoms with E-state index in [0.29, 0.717) is 0 Å². The van der Waals surface area contributed by atoms with Gasteiger partial charge < -0.3 is 4.12 Å². The van der Waals surface area contributed by atoms with Crippen molar-refractivity contribution in [2.45, 2.75) is 32.7 Å². The molecular weight excluding hydrogens is 203 g/mol. The molecule has 1 nitrogen and oxygen atoms in total. The number of rotatable bonds is 2. The lowest BCUT2D eigenvalue weighted by atomic mass is 11.8. The van der Waals surface area contributed by atoms with Crippen molar-refractivity contribution in [2.24, 2.45) is 0 Å². The quantitative estimate of drug-likeness (QED) is 0.651. The third kappa shape index (κ3) is 16.0. The fourth-order valence-corrected chi connectivity index (χ4v) is 6.36. The van der Waals surface area contributed by atoms with Gasteiger partial charge in [0.05, 0.1) is 0 Å². The monoisotopic (exact) mass is 220 g/mol. The van der Waals surface area contributed by atoms with E-state index >= 15 is 0 Å². The van der Waals surface area contributed by atoms with Crippen LogP contribution in [-0.4, -0.2) is 17.4 Å². The van der Waals surface area contributed by atoms with E-state index in [2.05, 4.69) is 32.7 Å². The molecule has 0 aliphatic rings. The topological polar surface area (TPSA) is 9.23 Å². The highest BCUT2D eigenvalue weighted by atomic mass is 35.5. The Morgan fingerprint density at radius 3 is 1.30 bits per heavy atom. The van der Waals surface area contributed by atoms with Crippen LogP contribution in [0.15, 0.2) is 0 Å². The maximum atomic E-state index is 5.72. The summed E-state index contributed by atoms with van der Waals surface area (Å²) in [6.07, 6.45) is 0. The number of halogens is 2. The Labute approximate surface area is 79.2 Å². The molecule has 0 aliphatic carbocycles. The fraction of sp³-hybridized carbons (Fsp3) is 1.00. The molecule has 0 radical (unpaired) electrons. The van der Waals surface area contributed by atoms with E-state index in [9.17, 15) is 0 Å². The Kier molecular flexibility index (Phi) is 11.5. The van der Waals surface area contributed by atoms with E-state index in [-0.39, 0.29) is 24.8 Å². The Bertz CT molecular complexity index is 72.5. The van der Waals surface area contributed by atoms with Crippen LogP contribution in [0.3, 0.4) is 0 Å². The van der Waals surface area contributed by atoms with Gasteiger partial charge in [-0.1, -0.05) is 0 Å². The van der Waals surface area contributed by atoms with Gasteiger partial charge >= 0.3 is 0 Å². The largest absolute Gasteiger partial charge is 0.458 e. The molecule has 0 spiro atoms. The lowest BCUT2D eigenvalue weighted by molar-refractivity contribution is 0.583. The molecule has 0 bridgehead atoms. The molecule has 0 heterocycles. The molecule has 0 fully saturated rings. The van der Waals surface area contributed by atoms with Gasteiger partial charge in [-0.05, 0) is 32.7 Å². The van der Waals surface area contributed by atoms with Crippen molar-refractivity contribution in [3.05, 3.63) is 0 Å². The first-order valence-electron chi connectivity index (χ1n) is 3.09. The number of hydrogen-bond acceptors (Lipinski definition) is 1. The molecule has 5 heteroatoms. The van der Waals surface area contributed by atoms with Gasteiger partial charge in [0, 0.05) is 0 Å². The summed E-state index contributed by atoms with van der Waals surface area (Å²) in [6.45, 7) is 11.1. The number of hydrogen-bond donors (Lipinski definition) is 0. The van der Waals surface area contributed by atoms with Crippen LogP contribution in [0.4, 0.5) is 0 Å². The minimum absolute atomic E-state index is 0. The highest BCUT2D eigenvalue weighted by molar-refractivity contribution is 6.76. The van der Waals surface area contributed by atoms with Crippen LogP contribution in [-0.2, 0) is 4.12 Å². The van der Waals surface area contributed by atoms with Crippen molar-refractivity contribution < 1.29 is 4.12 Å². The van der Waals surface area contributed by atoms with Crippen molar-refractivity contribution in [1.29, 1.82) is 0 Å². The van der Waals surface area contributed by atoms with Gasteiger partial charge in [0.25, 0.3) is 0 Å². The van der Waals surface area contributed by atoms with Crippen LogP contribution < -0.4 is 0 Å². The first-order valence-corrected chi connectivity index (χ1v) is 9.28. The molecule has 0 atom stereocenters. The van der Waals surface area contributed by atoms with Crippen LogP contribution in [0.25, 0.3) is 0 Å². The van der Waals surface area contributed by atoms with E-state index in [1.165, 1.54) is 0 Å². The van der Waals surface area contributed by atoms with Gasteiger partial charge in [0.1, 0.15) is 0 Å². The molecule has 0 rings (SSSR count). The summed E-state index contributed by atoms with van der Waals surface area (Å²) in [4.78, 5) is 0. The Morgan fingerprint density at radius 1 is 1.00 bits per heavy atom. The van der Waals surface area contributed by atoms with E-state index in [0.717, 1.165) is 0 Å². The van der Waals surface area contributed by atoms with Crippen LogP contribution >= 0.6 is 24.8 Å². The molecular formula is C5H18Cl2OSi2. The molecule has 0 saturated carbocycles. The zero-order valence-corrected chi connectivity index (χ0v) is 11.1. The highest BCUT2D eigenvalue weighted by Crippen LogP contribution is 2.03. The molecule has 0 unspecified atom stereocenters. The Balaban J connectivity index is -0.000000245. The van der Waals surface area contributed by atoms with Gasteiger partial charge in [0.2, 0.25) is 0 Å². The maximum absolute atomic E-state index is 5.72. The van der Waals surface area contributed by atoms with Crippen molar-refractivity contribution in [3.8, 4) is 0 Å². The lowest BCUT2D eigenvalue weighted by Crippen LogP contribution is -2.31. The molecule has 0 aromatic rings. The van der Waals surface area contributed by atoms with E-state index in [4.69, 9.17) is 4.12 Å². The molecule has 0 aliphatic heterocycles. The van der Waals surface area contributed by atoms with Gasteiger partial charge in [0.15, 0.2) is 17.4 Å². The summed E-state index contributed by atoms with van der Waals surface area (Å²) in [5, 5.41) is 0. The average Bonchev–Trinajstić information content (AvgIpc) is 1.21. The van der Waals surface area contributed by atoms with Crippen LogP contribution in [0, 0.1) is 0 Å². The zero-order chi connectivity index (χ0) is 6.78. The minimum Gasteiger partial charge on any atom is -0.458 e. The zero-order valence-electron chi connectivity index (χ0n) is 7.30. The second-order valence-corrected chi connectivity index (χ2v) is 10.5. The normalized spacial score (nSPS) is 10.2. The van der Waals surface area contributed by atoms with Crippen LogP contribution in [0.5, 0.6) is 0 Å². The van der Waals surface area contributed by atoms with E-state index in [1.54, 1.807) is 0 Å². The fourth-order valence-electron chi connectivity index (χ4n) is 0.707. The molecule has 0 amide bonds. The van der Waals surface area contributed by atoms with Gasteiger partial charge in [-0.3, -0.25) is 0 Å². The third-order valence-corrected chi connectivity index (χ3v) is 5.30. The predicted octanol–water partition coefficient (Wildman–Crippen LogP) is 2.66. The minimum atomic E-state index is -1.16. The molecule has 0 saturated heterocycles. The van der Waals surface area contributed by atoms with Crippen LogP contribution in [0.1, 0.15) is 0 Å². The van der Waals surface area contributed by atoms with E-state index < -0.39 is 17.4 Å². The van der Waals surface area contributed by atoms with Crippen molar-refractivity contribution in [3.63, 3.8) is 0 Å². The first-order chi connectivity index (χ1) is 3.42. The molecule has 0 aromatic carbocycles. The van der Waals surface area contributed by atoms with Crippen LogP contribution in [0.2, 0.25) is 32.7 Å². The van der Waals surface area contributed by atoms with Crippen molar-refractivity contribution in [1.82, 2.24) is 0 Å². The molecule has 66 valence electrons. The van der Waals surface area contributed by atoms with Gasteiger partial charge in [-0.2, -0.15) is 0 Å². The summed E-state index contributed by atoms with van der Waals surface area (Å²) in [6, 6.07) is 0. The third-order valence-electron chi connectivity index (χ3n) is 0.589. The summed E-state index contributed by atoms with van der Waals surface area (Å²) in [5.41, 5.74) is 0. The van der Waals surface area contributed by atoms with Gasteiger partial charge in [-0.25, -0.2) is 0 Å². The average molecular weight is 221 g/mol. The SMILES string of the molecule is C[SiH](C)O[Si](C)(C)C.Cl.Cl. The standard InChI is InChI=1S/C5H16OSi2.2ClH/c1-7(2)6-8(3,4)5;;/h7H,1-5H3;2*1H. The summed E-state index contributed by atoms with van der Waals surface area (Å²) >= 11 is 0. The summed E-state index contributed by atoms with van der Waals surface area (Å²) in [7, 11) is -1.89. The van der Waals surface area contributed by atoms with E-state index in [1.807, 2.05) is 0 Å². The maximum Gasteiger partial charge on any atom is 0.170 e. The molecule has 10 heavy (non-hydrogen) atoms. The highest BCUT2D eigenvalue weighted by Gasteiger charge is 2.14. The first kappa shape index (κ1) is 17.2. The molecule has 0 N–H and O–H groups in total. The predicted molar refractivity (Wildman–Crippen MR) is 57.8 cm³/mol. The van der Waals surface area contributed by atoms with Crippen molar-refractivity contribution in [2.75, 3.05) is 0 Å². The second-order valence-electron chi connectivity index (χ2n) is 3.28. The summed E-state index contributed by atoms with van der Waals surface area (Å²) < 4.78 is 5.72. The Morgan fingerprint density at radius 2 is 1.30 bits per heavy atom. The summed E-state index contributed by atoms with van der Waals surface area (Å²) in [5.74, 6) is 0. The van der Waals surface area contributed by atoms with Gasteiger partial charge in [-0.15, -0.1) is 24.8 Å². The second kappa shape index (κ2) is 6.67. The van der Waals surface area contributed by atoms with Crippen molar-refractivity contribution >= 4 is 42.2 Å². The smallest absolute Gasteiger partial charge is 0.170 e.